The SMILES string of the molecule is CCOc1cc(/C=N/NC(F)(F)C(F)(F)C(F)(F)F)cc(I)c1OCc1ccccc1F. The summed E-state index contributed by atoms with van der Waals surface area (Å²) >= 11 is 1.80. The van der Waals surface area contributed by atoms with E-state index in [1.54, 1.807) is 35.6 Å². The van der Waals surface area contributed by atoms with Crippen molar-refractivity contribution in [2.45, 2.75) is 31.7 Å². The molecule has 2 aromatic rings. The van der Waals surface area contributed by atoms with Crippen LogP contribution >= 0.6 is 22.6 Å². The van der Waals surface area contributed by atoms with Gasteiger partial charge >= 0.3 is 18.1 Å². The van der Waals surface area contributed by atoms with E-state index in [1.165, 1.54) is 30.3 Å². The van der Waals surface area contributed by atoms with Gasteiger partial charge in [0.05, 0.1) is 16.4 Å². The molecule has 1 N–H and O–H groups in total. The van der Waals surface area contributed by atoms with Crippen LogP contribution in [0.2, 0.25) is 0 Å². The quantitative estimate of drug-likeness (QED) is 0.127. The van der Waals surface area contributed by atoms with Gasteiger partial charge in [0.1, 0.15) is 12.4 Å². The van der Waals surface area contributed by atoms with Crippen LogP contribution in [0.3, 0.4) is 0 Å². The van der Waals surface area contributed by atoms with Crippen LogP contribution in [0, 0.1) is 9.39 Å². The van der Waals surface area contributed by atoms with Crippen molar-refractivity contribution in [2.75, 3.05) is 6.61 Å². The van der Waals surface area contributed by atoms with Gasteiger partial charge < -0.3 is 9.47 Å². The van der Waals surface area contributed by atoms with E-state index in [4.69, 9.17) is 9.47 Å². The Hall–Kier alpha value is -2.32. The molecule has 13 heteroatoms. The number of halogens is 9. The highest BCUT2D eigenvalue weighted by atomic mass is 127. The number of hydrogen-bond donors (Lipinski definition) is 1. The highest BCUT2D eigenvalue weighted by molar-refractivity contribution is 14.1. The van der Waals surface area contributed by atoms with Gasteiger partial charge in [-0.15, -0.1) is 0 Å². The fourth-order valence-corrected chi connectivity index (χ4v) is 3.05. The van der Waals surface area contributed by atoms with Crippen molar-refractivity contribution in [2.24, 2.45) is 5.10 Å². The summed E-state index contributed by atoms with van der Waals surface area (Å²) < 4.78 is 114. The molecule has 4 nitrogen and oxygen atoms in total. The molecule has 0 radical (unpaired) electrons. The zero-order valence-electron chi connectivity index (χ0n) is 16.1. The van der Waals surface area contributed by atoms with Crippen LogP contribution in [0.25, 0.3) is 0 Å². The number of hydrogen-bond acceptors (Lipinski definition) is 4. The highest BCUT2D eigenvalue weighted by Crippen LogP contribution is 2.45. The summed E-state index contributed by atoms with van der Waals surface area (Å²) in [5.74, 6) is -6.54. The first-order chi connectivity index (χ1) is 14.8. The molecular formula is C19H15F8IN2O2. The Morgan fingerprint density at radius 2 is 1.69 bits per heavy atom. The zero-order chi connectivity index (χ0) is 24.2. The summed E-state index contributed by atoms with van der Waals surface area (Å²) in [6.07, 6.45) is -5.86. The molecule has 2 rings (SSSR count). The van der Waals surface area contributed by atoms with Crippen molar-refractivity contribution >= 4 is 28.8 Å². The summed E-state index contributed by atoms with van der Waals surface area (Å²) in [6.45, 7) is 1.63. The molecule has 0 unspecified atom stereocenters. The van der Waals surface area contributed by atoms with Crippen LogP contribution in [0.5, 0.6) is 11.5 Å². The zero-order valence-corrected chi connectivity index (χ0v) is 18.3. The predicted molar refractivity (Wildman–Crippen MR) is 108 cm³/mol. The Morgan fingerprint density at radius 3 is 2.28 bits per heavy atom. The number of benzene rings is 2. The van der Waals surface area contributed by atoms with Gasteiger partial charge in [0, 0.05) is 5.56 Å². The van der Waals surface area contributed by atoms with Gasteiger partial charge in [-0.2, -0.15) is 35.8 Å². The molecule has 0 aliphatic carbocycles. The van der Waals surface area contributed by atoms with Crippen LogP contribution in [-0.2, 0) is 6.61 Å². The summed E-state index contributed by atoms with van der Waals surface area (Å²) in [7, 11) is 0. The van der Waals surface area contributed by atoms with Gasteiger partial charge in [-0.25, -0.2) is 9.82 Å². The van der Waals surface area contributed by atoms with Gasteiger partial charge in [-0.05, 0) is 53.3 Å². The van der Waals surface area contributed by atoms with Crippen molar-refractivity contribution in [1.29, 1.82) is 0 Å². The highest BCUT2D eigenvalue weighted by Gasteiger charge is 2.73. The first kappa shape index (κ1) is 25.9. The summed E-state index contributed by atoms with van der Waals surface area (Å²) in [5, 5.41) is 2.82. The normalized spacial score (nSPS) is 12.8. The lowest BCUT2D eigenvalue weighted by Gasteiger charge is -2.27. The van der Waals surface area contributed by atoms with E-state index >= 15 is 0 Å². The first-order valence-electron chi connectivity index (χ1n) is 8.75. The molecule has 0 amide bonds. The van der Waals surface area contributed by atoms with Crippen molar-refractivity contribution < 1.29 is 44.6 Å². The largest absolute Gasteiger partial charge is 0.490 e. The smallest absolute Gasteiger partial charge is 0.462 e. The van der Waals surface area contributed by atoms with E-state index in [-0.39, 0.29) is 35.8 Å². The number of rotatable bonds is 9. The third-order valence-corrected chi connectivity index (χ3v) is 4.63. The average molecular weight is 582 g/mol. The van der Waals surface area contributed by atoms with Crippen molar-refractivity contribution in [1.82, 2.24) is 5.43 Å². The average Bonchev–Trinajstić information content (AvgIpc) is 2.67. The van der Waals surface area contributed by atoms with Gasteiger partial charge in [0.2, 0.25) is 0 Å². The van der Waals surface area contributed by atoms with Crippen molar-refractivity contribution in [3.8, 4) is 11.5 Å². The van der Waals surface area contributed by atoms with E-state index in [1.807, 2.05) is 0 Å². The number of hydrazone groups is 1. The molecule has 0 bridgehead atoms. The number of alkyl halides is 7. The maximum atomic E-state index is 13.8. The molecule has 0 atom stereocenters. The van der Waals surface area contributed by atoms with Gasteiger partial charge in [-0.3, -0.25) is 0 Å². The minimum atomic E-state index is -6.48. The maximum Gasteiger partial charge on any atom is 0.462 e. The van der Waals surface area contributed by atoms with E-state index in [9.17, 15) is 35.1 Å². The summed E-state index contributed by atoms with van der Waals surface area (Å²) in [4.78, 5) is 0. The molecule has 0 aliphatic heterocycles. The first-order valence-corrected chi connectivity index (χ1v) is 9.83. The summed E-state index contributed by atoms with van der Waals surface area (Å²) in [6, 6.07) is 2.76. The van der Waals surface area contributed by atoms with Gasteiger partial charge in [0.25, 0.3) is 0 Å². The second-order valence-corrected chi connectivity index (χ2v) is 7.32. The Bertz CT molecular complexity index is 967. The number of nitrogens with one attached hydrogen (secondary N) is 1. The lowest BCUT2D eigenvalue weighted by Crippen LogP contribution is -2.58. The van der Waals surface area contributed by atoms with Crippen LogP contribution in [0.1, 0.15) is 18.1 Å². The molecule has 0 spiro atoms. The van der Waals surface area contributed by atoms with Crippen molar-refractivity contribution in [3.63, 3.8) is 0 Å². The van der Waals surface area contributed by atoms with E-state index in [0.29, 0.717) is 15.2 Å². The maximum absolute atomic E-state index is 13.8. The number of ether oxygens (including phenoxy) is 2. The second kappa shape index (κ2) is 10.1. The van der Waals surface area contributed by atoms with Crippen LogP contribution in [0.15, 0.2) is 41.5 Å². The van der Waals surface area contributed by atoms with Crippen molar-refractivity contribution in [3.05, 3.63) is 56.9 Å². The van der Waals surface area contributed by atoms with Gasteiger partial charge in [0.15, 0.2) is 11.5 Å². The minimum absolute atomic E-state index is 0.0368. The Morgan fingerprint density at radius 1 is 1.03 bits per heavy atom. The lowest BCUT2D eigenvalue weighted by atomic mass is 10.2. The molecule has 0 aromatic heterocycles. The van der Waals surface area contributed by atoms with Crippen LogP contribution < -0.4 is 14.9 Å². The van der Waals surface area contributed by atoms with Gasteiger partial charge in [-0.1, -0.05) is 18.2 Å². The lowest BCUT2D eigenvalue weighted by molar-refractivity contribution is -0.361. The van der Waals surface area contributed by atoms with E-state index in [0.717, 1.165) is 0 Å². The molecule has 0 fully saturated rings. The Kier molecular flexibility index (Phi) is 8.17. The molecule has 32 heavy (non-hydrogen) atoms. The molecule has 176 valence electrons. The molecular weight excluding hydrogens is 567 g/mol. The third kappa shape index (κ3) is 5.92. The van der Waals surface area contributed by atoms with E-state index in [2.05, 4.69) is 5.10 Å². The molecule has 0 heterocycles. The topological polar surface area (TPSA) is 42.8 Å². The summed E-state index contributed by atoms with van der Waals surface area (Å²) in [5.41, 5.74) is 0.837. The fraction of sp³-hybridized carbons (Fsp3) is 0.316. The van der Waals surface area contributed by atoms with E-state index < -0.39 is 24.0 Å². The number of nitrogens with zero attached hydrogens (tertiary/aromatic N) is 1. The molecule has 0 aliphatic rings. The fourth-order valence-electron chi connectivity index (χ4n) is 2.27. The standard InChI is InChI=1S/C19H15F8IN2O2/c1-2-31-15-8-11(9-29-30-19(26,27)17(21,22)18(23,24)25)7-14(28)16(15)32-10-12-5-3-4-6-13(12)20/h3-9,30H,2,10H2,1H3/b29-9+. The molecule has 0 saturated carbocycles. The Labute approximate surface area is 190 Å². The van der Waals surface area contributed by atoms with Crippen LogP contribution in [-0.4, -0.2) is 31.0 Å². The monoisotopic (exact) mass is 582 g/mol. The predicted octanol–water partition coefficient (Wildman–Crippen LogP) is 6.12. The molecule has 2 aromatic carbocycles. The minimum Gasteiger partial charge on any atom is -0.490 e. The van der Waals surface area contributed by atoms with Crippen LogP contribution in [0.4, 0.5) is 35.1 Å². The Balaban J connectivity index is 2.22. The second-order valence-electron chi connectivity index (χ2n) is 6.16. The molecule has 0 saturated heterocycles. The third-order valence-electron chi connectivity index (χ3n) is 3.83.